The minimum Gasteiger partial charge on any atom is -0.466 e. The van der Waals surface area contributed by atoms with E-state index in [-0.39, 0.29) is 33.4 Å². The molecule has 8 heteroatoms. The number of rotatable bonds is 7. The highest BCUT2D eigenvalue weighted by molar-refractivity contribution is 7.94. The number of likely N-dealkylation sites (tertiary alicyclic amines) is 1. The summed E-state index contributed by atoms with van der Waals surface area (Å²) >= 11 is 11.8. The zero-order valence-corrected chi connectivity index (χ0v) is 18.8. The molecule has 30 heavy (non-hydrogen) atoms. The first-order chi connectivity index (χ1) is 14.3. The summed E-state index contributed by atoms with van der Waals surface area (Å²) in [6.45, 7) is 3.79. The molecule has 0 bridgehead atoms. The molecule has 0 N–H and O–H groups in total. The van der Waals surface area contributed by atoms with Crippen molar-refractivity contribution in [2.24, 2.45) is 11.8 Å². The lowest BCUT2D eigenvalue weighted by Crippen LogP contribution is -2.25. The van der Waals surface area contributed by atoms with E-state index in [9.17, 15) is 13.2 Å². The van der Waals surface area contributed by atoms with Crippen LogP contribution in [0.25, 0.3) is 0 Å². The van der Waals surface area contributed by atoms with E-state index in [0.29, 0.717) is 19.6 Å². The summed E-state index contributed by atoms with van der Waals surface area (Å²) in [6, 6.07) is 14.1. The van der Waals surface area contributed by atoms with E-state index in [0.717, 1.165) is 11.0 Å². The van der Waals surface area contributed by atoms with Crippen molar-refractivity contribution in [3.8, 4) is 0 Å². The van der Waals surface area contributed by atoms with Crippen LogP contribution in [0.15, 0.2) is 64.9 Å². The van der Waals surface area contributed by atoms with Gasteiger partial charge in [-0.25, -0.2) is 8.42 Å². The van der Waals surface area contributed by atoms with Crippen LogP contribution in [-0.2, 0) is 25.9 Å². The maximum absolute atomic E-state index is 12.7. The largest absolute Gasteiger partial charge is 0.466 e. The number of halogens is 2. The molecule has 0 radical (unpaired) electrons. The van der Waals surface area contributed by atoms with Gasteiger partial charge in [0.1, 0.15) is 0 Å². The van der Waals surface area contributed by atoms with Gasteiger partial charge in [0, 0.05) is 31.0 Å². The number of sulfone groups is 1. The third kappa shape index (κ3) is 5.64. The molecule has 5 nitrogen and oxygen atoms in total. The zero-order valence-electron chi connectivity index (χ0n) is 16.5. The molecule has 2 atom stereocenters. The van der Waals surface area contributed by atoms with Gasteiger partial charge >= 0.3 is 5.97 Å². The molecular formula is C22H23Cl2NO4S. The third-order valence-corrected chi connectivity index (χ3v) is 7.17. The summed E-state index contributed by atoms with van der Waals surface area (Å²) in [7, 11) is -3.72. The van der Waals surface area contributed by atoms with Crippen molar-refractivity contribution in [3.05, 3.63) is 75.6 Å². The van der Waals surface area contributed by atoms with Crippen LogP contribution < -0.4 is 0 Å². The molecule has 0 amide bonds. The van der Waals surface area contributed by atoms with Crippen LogP contribution in [0, 0.1) is 11.8 Å². The van der Waals surface area contributed by atoms with Gasteiger partial charge in [-0.05, 0) is 30.7 Å². The van der Waals surface area contributed by atoms with Gasteiger partial charge < -0.3 is 4.74 Å². The minimum absolute atomic E-state index is 0.0555. The Kier molecular flexibility index (Phi) is 7.58. The van der Waals surface area contributed by atoms with Crippen molar-refractivity contribution in [1.82, 2.24) is 4.90 Å². The molecule has 2 aromatic rings. The second-order valence-corrected chi connectivity index (χ2v) is 9.80. The highest BCUT2D eigenvalue weighted by atomic mass is 35.5. The standard InChI is InChI=1S/C22H23Cl2NO4S/c1-2-29-22(26)19-15-25(13-16-6-4-3-5-7-16)14-17(19)10-11-30(27,28)18-8-9-20(23)21(24)12-18/h3-12,17,19H,2,13-15H2,1H3/b11-10+/t17-,19-/m1/s1. The first kappa shape index (κ1) is 22.8. The van der Waals surface area contributed by atoms with Crippen molar-refractivity contribution in [3.63, 3.8) is 0 Å². The average Bonchev–Trinajstić information content (AvgIpc) is 3.12. The van der Waals surface area contributed by atoms with Crippen LogP contribution >= 0.6 is 23.2 Å². The quantitative estimate of drug-likeness (QED) is 0.557. The van der Waals surface area contributed by atoms with Gasteiger partial charge in [0.15, 0.2) is 9.84 Å². The lowest BCUT2D eigenvalue weighted by Gasteiger charge is -2.15. The first-order valence-electron chi connectivity index (χ1n) is 9.61. The Hall–Kier alpha value is -1.86. The van der Waals surface area contributed by atoms with E-state index in [1.165, 1.54) is 18.2 Å². The molecule has 1 aliphatic heterocycles. The molecule has 1 aliphatic rings. The van der Waals surface area contributed by atoms with Gasteiger partial charge in [-0.3, -0.25) is 9.69 Å². The zero-order chi connectivity index (χ0) is 21.7. The van der Waals surface area contributed by atoms with Crippen molar-refractivity contribution in [2.75, 3.05) is 19.7 Å². The fourth-order valence-electron chi connectivity index (χ4n) is 3.51. The number of hydrogen-bond donors (Lipinski definition) is 0. The number of carbonyl (C=O) groups excluding carboxylic acids is 1. The second-order valence-electron chi connectivity index (χ2n) is 7.15. The summed E-state index contributed by atoms with van der Waals surface area (Å²) in [5.41, 5.74) is 1.13. The number of esters is 1. The van der Waals surface area contributed by atoms with Gasteiger partial charge in [-0.1, -0.05) is 59.6 Å². The number of benzene rings is 2. The first-order valence-corrected chi connectivity index (χ1v) is 11.9. The molecule has 1 saturated heterocycles. The van der Waals surface area contributed by atoms with Crippen molar-refractivity contribution in [2.45, 2.75) is 18.4 Å². The van der Waals surface area contributed by atoms with Gasteiger partial charge in [-0.2, -0.15) is 0 Å². The lowest BCUT2D eigenvalue weighted by atomic mass is 9.96. The van der Waals surface area contributed by atoms with Crippen molar-refractivity contribution >= 4 is 39.0 Å². The molecule has 0 aliphatic carbocycles. The molecule has 0 saturated carbocycles. The lowest BCUT2D eigenvalue weighted by molar-refractivity contribution is -0.148. The topological polar surface area (TPSA) is 63.7 Å². The van der Waals surface area contributed by atoms with Gasteiger partial charge in [0.2, 0.25) is 0 Å². The Balaban J connectivity index is 1.79. The van der Waals surface area contributed by atoms with E-state index in [1.54, 1.807) is 13.0 Å². The monoisotopic (exact) mass is 467 g/mol. The van der Waals surface area contributed by atoms with Crippen LogP contribution in [-0.4, -0.2) is 39.0 Å². The van der Waals surface area contributed by atoms with Gasteiger partial charge in [-0.15, -0.1) is 0 Å². The number of nitrogens with zero attached hydrogens (tertiary/aromatic N) is 1. The smallest absolute Gasteiger partial charge is 0.310 e. The Morgan fingerprint density at radius 3 is 2.53 bits per heavy atom. The summed E-state index contributed by atoms with van der Waals surface area (Å²) in [5.74, 6) is -1.01. The predicted molar refractivity (Wildman–Crippen MR) is 118 cm³/mol. The van der Waals surface area contributed by atoms with E-state index < -0.39 is 15.8 Å². The Bertz CT molecular complexity index is 1020. The van der Waals surface area contributed by atoms with Crippen LogP contribution in [0.5, 0.6) is 0 Å². The van der Waals surface area contributed by atoms with Crippen LogP contribution in [0.1, 0.15) is 12.5 Å². The van der Waals surface area contributed by atoms with E-state index in [1.807, 2.05) is 30.3 Å². The van der Waals surface area contributed by atoms with Crippen molar-refractivity contribution in [1.29, 1.82) is 0 Å². The predicted octanol–water partition coefficient (Wildman–Crippen LogP) is 4.59. The van der Waals surface area contributed by atoms with E-state index in [2.05, 4.69) is 4.90 Å². The molecule has 160 valence electrons. The molecule has 3 rings (SSSR count). The molecule has 0 spiro atoms. The molecular weight excluding hydrogens is 445 g/mol. The Morgan fingerprint density at radius 2 is 1.87 bits per heavy atom. The van der Waals surface area contributed by atoms with Gasteiger partial charge in [0.05, 0.1) is 27.5 Å². The summed E-state index contributed by atoms with van der Waals surface area (Å²) in [4.78, 5) is 14.7. The maximum atomic E-state index is 12.7. The van der Waals surface area contributed by atoms with Crippen molar-refractivity contribution < 1.29 is 17.9 Å². The maximum Gasteiger partial charge on any atom is 0.310 e. The SMILES string of the molecule is CCOC(=O)[C@@H]1CN(Cc2ccccc2)C[C@H]1/C=C/S(=O)(=O)c1ccc(Cl)c(Cl)c1. The van der Waals surface area contributed by atoms with Crippen LogP contribution in [0.2, 0.25) is 10.0 Å². The summed E-state index contributed by atoms with van der Waals surface area (Å²) < 4.78 is 30.6. The highest BCUT2D eigenvalue weighted by Crippen LogP contribution is 2.29. The Labute approximate surface area is 187 Å². The molecule has 0 aromatic heterocycles. The number of hydrogen-bond acceptors (Lipinski definition) is 5. The average molecular weight is 468 g/mol. The molecule has 2 aromatic carbocycles. The van der Waals surface area contributed by atoms with E-state index >= 15 is 0 Å². The molecule has 1 fully saturated rings. The van der Waals surface area contributed by atoms with E-state index in [4.69, 9.17) is 27.9 Å². The van der Waals surface area contributed by atoms with Crippen LogP contribution in [0.3, 0.4) is 0 Å². The third-order valence-electron chi connectivity index (χ3n) is 5.00. The molecule has 1 heterocycles. The van der Waals surface area contributed by atoms with Gasteiger partial charge in [0.25, 0.3) is 0 Å². The summed E-state index contributed by atoms with van der Waals surface area (Å²) in [6.07, 6.45) is 1.59. The second kappa shape index (κ2) is 9.96. The summed E-state index contributed by atoms with van der Waals surface area (Å²) in [5, 5.41) is 1.61. The number of ether oxygens (including phenoxy) is 1. The molecule has 0 unspecified atom stereocenters. The number of carbonyl (C=O) groups is 1. The normalized spacial score (nSPS) is 20.0. The fourth-order valence-corrected chi connectivity index (χ4v) is 4.98. The fraction of sp³-hybridized carbons (Fsp3) is 0.318. The highest BCUT2D eigenvalue weighted by Gasteiger charge is 2.37. The Morgan fingerprint density at radius 1 is 1.13 bits per heavy atom. The van der Waals surface area contributed by atoms with Crippen LogP contribution in [0.4, 0.5) is 0 Å². The minimum atomic E-state index is -3.72.